The molecule has 0 aliphatic heterocycles. The van der Waals surface area contributed by atoms with E-state index in [1.807, 2.05) is 0 Å². The summed E-state index contributed by atoms with van der Waals surface area (Å²) in [7, 11) is -3.67. The molecule has 0 saturated heterocycles. The molecule has 8 nitrogen and oxygen atoms in total. The molecule has 0 unspecified atom stereocenters. The number of sulfonamides is 1. The van der Waals surface area contributed by atoms with Crippen LogP contribution in [-0.2, 0) is 16.6 Å². The number of hydrogen-bond acceptors (Lipinski definition) is 5. The number of carbonyl (C=O) groups excluding carboxylic acids is 1. The number of rotatable bonds is 7. The topological polar surface area (TPSA) is 126 Å². The molecule has 3 N–H and O–H groups in total. The number of nitrogens with one attached hydrogen (secondary N) is 2. The van der Waals surface area contributed by atoms with Crippen molar-refractivity contribution in [1.82, 2.24) is 10.0 Å². The van der Waals surface area contributed by atoms with Crippen LogP contribution in [0.4, 0.5) is 0 Å². The summed E-state index contributed by atoms with van der Waals surface area (Å²) in [5.41, 5.74) is 0.822. The van der Waals surface area contributed by atoms with E-state index in [-0.39, 0.29) is 35.1 Å². The highest BCUT2D eigenvalue weighted by atomic mass is 32.2. The van der Waals surface area contributed by atoms with E-state index in [0.29, 0.717) is 5.56 Å². The standard InChI is InChI=1S/C16H18N2O6S/c1-3-18-25(22,23)12-6-4-10(2)13(8-12)15(19)17-9-11-5-7-14(24-11)16(20)21/h4-8,18H,3,9H2,1-2H3,(H,17,19)(H,20,21). The molecule has 2 aromatic rings. The summed E-state index contributed by atoms with van der Waals surface area (Å²) in [6, 6.07) is 7.01. The van der Waals surface area contributed by atoms with E-state index in [2.05, 4.69) is 10.0 Å². The van der Waals surface area contributed by atoms with Gasteiger partial charge in [0.25, 0.3) is 5.91 Å². The highest BCUT2D eigenvalue weighted by molar-refractivity contribution is 7.89. The van der Waals surface area contributed by atoms with Gasteiger partial charge in [-0.15, -0.1) is 0 Å². The molecule has 25 heavy (non-hydrogen) atoms. The van der Waals surface area contributed by atoms with Crippen molar-refractivity contribution in [2.75, 3.05) is 6.54 Å². The fraction of sp³-hybridized carbons (Fsp3) is 0.250. The van der Waals surface area contributed by atoms with Crippen LogP contribution in [0.1, 0.15) is 39.2 Å². The zero-order valence-corrected chi connectivity index (χ0v) is 14.5. The van der Waals surface area contributed by atoms with Crippen molar-refractivity contribution in [3.05, 3.63) is 53.0 Å². The summed E-state index contributed by atoms with van der Waals surface area (Å²) in [4.78, 5) is 23.1. The molecule has 1 aromatic heterocycles. The molecule has 0 radical (unpaired) electrons. The lowest BCUT2D eigenvalue weighted by Gasteiger charge is -2.10. The van der Waals surface area contributed by atoms with E-state index in [9.17, 15) is 18.0 Å². The van der Waals surface area contributed by atoms with Crippen LogP contribution in [0, 0.1) is 6.92 Å². The van der Waals surface area contributed by atoms with Gasteiger partial charge in [-0.1, -0.05) is 13.0 Å². The van der Waals surface area contributed by atoms with Gasteiger partial charge in [0.05, 0.1) is 11.4 Å². The number of hydrogen-bond donors (Lipinski definition) is 3. The molecule has 0 spiro atoms. The smallest absolute Gasteiger partial charge is 0.371 e. The number of carboxylic acids is 1. The normalized spacial score (nSPS) is 11.3. The van der Waals surface area contributed by atoms with Gasteiger partial charge in [-0.25, -0.2) is 17.9 Å². The first-order valence-corrected chi connectivity index (χ1v) is 8.93. The summed E-state index contributed by atoms with van der Waals surface area (Å²) >= 11 is 0. The number of carboxylic acid groups (broad SMARTS) is 1. The molecule has 0 aliphatic carbocycles. The van der Waals surface area contributed by atoms with Crippen LogP contribution in [0.15, 0.2) is 39.6 Å². The van der Waals surface area contributed by atoms with Crippen LogP contribution in [0.5, 0.6) is 0 Å². The van der Waals surface area contributed by atoms with Gasteiger partial charge >= 0.3 is 5.97 Å². The van der Waals surface area contributed by atoms with Gasteiger partial charge in [-0.05, 0) is 36.8 Å². The average molecular weight is 366 g/mol. The van der Waals surface area contributed by atoms with Gasteiger partial charge < -0.3 is 14.8 Å². The number of benzene rings is 1. The second-order valence-corrected chi connectivity index (χ2v) is 7.00. The summed E-state index contributed by atoms with van der Waals surface area (Å²) in [6.45, 7) is 3.57. The third kappa shape index (κ3) is 4.46. The zero-order valence-electron chi connectivity index (χ0n) is 13.7. The van der Waals surface area contributed by atoms with Gasteiger partial charge in [0.15, 0.2) is 0 Å². The molecule has 1 heterocycles. The third-order valence-corrected chi connectivity index (χ3v) is 4.94. The Labute approximate surface area is 144 Å². The minimum Gasteiger partial charge on any atom is -0.475 e. The maximum absolute atomic E-state index is 12.3. The largest absolute Gasteiger partial charge is 0.475 e. The van der Waals surface area contributed by atoms with Crippen molar-refractivity contribution in [3.63, 3.8) is 0 Å². The molecule has 134 valence electrons. The van der Waals surface area contributed by atoms with Gasteiger partial charge in [0.2, 0.25) is 15.8 Å². The third-order valence-electron chi connectivity index (χ3n) is 3.39. The Kier molecular flexibility index (Phi) is 5.60. The summed E-state index contributed by atoms with van der Waals surface area (Å²) in [5.74, 6) is -1.63. The number of carbonyl (C=O) groups is 2. The fourth-order valence-corrected chi connectivity index (χ4v) is 3.20. The highest BCUT2D eigenvalue weighted by Crippen LogP contribution is 2.16. The minimum atomic E-state index is -3.67. The first-order chi connectivity index (χ1) is 11.7. The molecule has 9 heteroatoms. The van der Waals surface area contributed by atoms with Crippen molar-refractivity contribution in [1.29, 1.82) is 0 Å². The lowest BCUT2D eigenvalue weighted by atomic mass is 10.1. The van der Waals surface area contributed by atoms with Gasteiger partial charge in [0, 0.05) is 12.1 Å². The lowest BCUT2D eigenvalue weighted by molar-refractivity contribution is 0.0660. The lowest BCUT2D eigenvalue weighted by Crippen LogP contribution is -2.26. The van der Waals surface area contributed by atoms with E-state index in [4.69, 9.17) is 9.52 Å². The maximum Gasteiger partial charge on any atom is 0.371 e. The second kappa shape index (κ2) is 7.49. The van der Waals surface area contributed by atoms with E-state index in [1.165, 1.54) is 24.3 Å². The van der Waals surface area contributed by atoms with Crippen molar-refractivity contribution >= 4 is 21.9 Å². The predicted octanol–water partition coefficient (Wildman–Crippen LogP) is 1.51. The predicted molar refractivity (Wildman–Crippen MR) is 88.9 cm³/mol. The molecule has 0 aliphatic rings. The first kappa shape index (κ1) is 18.7. The van der Waals surface area contributed by atoms with Gasteiger partial charge in [0.1, 0.15) is 5.76 Å². The summed E-state index contributed by atoms with van der Waals surface area (Å²) in [6.07, 6.45) is 0. The van der Waals surface area contributed by atoms with E-state index < -0.39 is 21.9 Å². The molecule has 0 bridgehead atoms. The Morgan fingerprint density at radius 1 is 1.20 bits per heavy atom. The Bertz CT molecular complexity index is 901. The van der Waals surface area contributed by atoms with Crippen molar-refractivity contribution in [2.45, 2.75) is 25.3 Å². The maximum atomic E-state index is 12.3. The molecule has 2 rings (SSSR count). The van der Waals surface area contributed by atoms with Crippen LogP contribution >= 0.6 is 0 Å². The van der Waals surface area contributed by atoms with Crippen molar-refractivity contribution in [3.8, 4) is 0 Å². The second-order valence-electron chi connectivity index (χ2n) is 5.23. The summed E-state index contributed by atoms with van der Waals surface area (Å²) in [5, 5.41) is 11.4. The van der Waals surface area contributed by atoms with E-state index in [0.717, 1.165) is 0 Å². The van der Waals surface area contributed by atoms with Gasteiger partial charge in [-0.2, -0.15) is 0 Å². The molecule has 1 aromatic carbocycles. The number of aryl methyl sites for hydroxylation is 1. The molecular formula is C16H18N2O6S. The van der Waals surface area contributed by atoms with Crippen LogP contribution in [0.3, 0.4) is 0 Å². The van der Waals surface area contributed by atoms with Crippen LogP contribution in [-0.4, -0.2) is 31.9 Å². The van der Waals surface area contributed by atoms with Crippen molar-refractivity contribution in [2.24, 2.45) is 0 Å². The van der Waals surface area contributed by atoms with Crippen LogP contribution in [0.2, 0.25) is 0 Å². The van der Waals surface area contributed by atoms with Crippen LogP contribution < -0.4 is 10.0 Å². The molecule has 1 amide bonds. The molecule has 0 atom stereocenters. The van der Waals surface area contributed by atoms with E-state index in [1.54, 1.807) is 19.9 Å². The Hall–Kier alpha value is -2.65. The quantitative estimate of drug-likeness (QED) is 0.682. The average Bonchev–Trinajstić information content (AvgIpc) is 3.02. The number of amides is 1. The SMILES string of the molecule is CCNS(=O)(=O)c1ccc(C)c(C(=O)NCc2ccc(C(=O)O)o2)c1. The molecule has 0 saturated carbocycles. The Balaban J connectivity index is 2.16. The molecular weight excluding hydrogens is 348 g/mol. The highest BCUT2D eigenvalue weighted by Gasteiger charge is 2.17. The Morgan fingerprint density at radius 2 is 1.92 bits per heavy atom. The summed E-state index contributed by atoms with van der Waals surface area (Å²) < 4.78 is 31.5. The van der Waals surface area contributed by atoms with Crippen molar-refractivity contribution < 1.29 is 27.5 Å². The zero-order chi connectivity index (χ0) is 18.6. The fourth-order valence-electron chi connectivity index (χ4n) is 2.14. The van der Waals surface area contributed by atoms with Gasteiger partial charge in [-0.3, -0.25) is 4.79 Å². The minimum absolute atomic E-state index is 0.00346. The Morgan fingerprint density at radius 3 is 2.52 bits per heavy atom. The first-order valence-electron chi connectivity index (χ1n) is 7.45. The number of furan rings is 1. The monoisotopic (exact) mass is 366 g/mol. The van der Waals surface area contributed by atoms with Crippen LogP contribution in [0.25, 0.3) is 0 Å². The molecule has 0 fully saturated rings. The van der Waals surface area contributed by atoms with E-state index >= 15 is 0 Å². The number of aromatic carboxylic acids is 1.